The summed E-state index contributed by atoms with van der Waals surface area (Å²) in [5.74, 6) is -3.32. The molecular formula is C25H42N6O6. The van der Waals surface area contributed by atoms with Gasteiger partial charge in [0.1, 0.15) is 18.1 Å². The number of amides is 3. The first-order chi connectivity index (χ1) is 17.6. The second kappa shape index (κ2) is 17.4. The minimum Gasteiger partial charge on any atom is -0.480 e. The summed E-state index contributed by atoms with van der Waals surface area (Å²) in [5, 5.41) is 27.3. The van der Waals surface area contributed by atoms with E-state index in [0.29, 0.717) is 45.2 Å². The number of carboxylic acids is 1. The highest BCUT2D eigenvalue weighted by molar-refractivity contribution is 5.94. The van der Waals surface area contributed by atoms with Crippen LogP contribution in [0.15, 0.2) is 30.3 Å². The first kappa shape index (κ1) is 32.0. The van der Waals surface area contributed by atoms with E-state index in [1.165, 1.54) is 6.92 Å². The average Bonchev–Trinajstić information content (AvgIpc) is 2.86. The summed E-state index contributed by atoms with van der Waals surface area (Å²) in [5.41, 5.74) is 17.6. The molecule has 208 valence electrons. The summed E-state index contributed by atoms with van der Waals surface area (Å²) in [6, 6.07) is 4.25. The SMILES string of the molecule is CC(O)C(NC(=O)C(N)CCCCN)C(=O)NC(CCCCN)C(=O)NC(Cc1ccccc1)C(=O)O. The minimum absolute atomic E-state index is 0.0553. The Hall–Kier alpha value is -3.06. The lowest BCUT2D eigenvalue weighted by atomic mass is 10.0. The van der Waals surface area contributed by atoms with Crippen LogP contribution < -0.4 is 33.2 Å². The molecule has 5 atom stereocenters. The van der Waals surface area contributed by atoms with Gasteiger partial charge in [-0.25, -0.2) is 4.79 Å². The zero-order chi connectivity index (χ0) is 27.8. The van der Waals surface area contributed by atoms with Crippen LogP contribution in [0.3, 0.4) is 0 Å². The van der Waals surface area contributed by atoms with E-state index in [4.69, 9.17) is 17.2 Å². The molecule has 1 aromatic rings. The molecule has 12 heteroatoms. The number of hydrogen-bond donors (Lipinski definition) is 8. The quantitative estimate of drug-likeness (QED) is 0.107. The van der Waals surface area contributed by atoms with E-state index in [2.05, 4.69) is 16.0 Å². The van der Waals surface area contributed by atoms with Gasteiger partial charge in [0.05, 0.1) is 12.1 Å². The summed E-state index contributed by atoms with van der Waals surface area (Å²) in [6.07, 6.45) is 1.72. The molecule has 5 unspecified atom stereocenters. The lowest BCUT2D eigenvalue weighted by Crippen LogP contribution is -2.59. The van der Waals surface area contributed by atoms with E-state index in [1.807, 2.05) is 0 Å². The highest BCUT2D eigenvalue weighted by atomic mass is 16.4. The highest BCUT2D eigenvalue weighted by Crippen LogP contribution is 2.08. The van der Waals surface area contributed by atoms with Crippen LogP contribution in [0.1, 0.15) is 51.0 Å². The second-order valence-corrected chi connectivity index (χ2v) is 9.05. The van der Waals surface area contributed by atoms with Crippen LogP contribution in [0.4, 0.5) is 0 Å². The van der Waals surface area contributed by atoms with Crippen LogP contribution in [0.25, 0.3) is 0 Å². The van der Waals surface area contributed by atoms with Crippen molar-refractivity contribution in [2.75, 3.05) is 13.1 Å². The van der Waals surface area contributed by atoms with Crippen LogP contribution in [-0.4, -0.2) is 77.3 Å². The molecule has 0 saturated carbocycles. The number of hydrogen-bond acceptors (Lipinski definition) is 8. The third-order valence-corrected chi connectivity index (χ3v) is 5.85. The molecule has 11 N–H and O–H groups in total. The number of rotatable bonds is 18. The summed E-state index contributed by atoms with van der Waals surface area (Å²) >= 11 is 0. The zero-order valence-corrected chi connectivity index (χ0v) is 21.4. The van der Waals surface area contributed by atoms with E-state index in [9.17, 15) is 29.4 Å². The van der Waals surface area contributed by atoms with Crippen molar-refractivity contribution in [1.29, 1.82) is 0 Å². The number of aliphatic hydroxyl groups is 1. The Morgan fingerprint density at radius 1 is 0.811 bits per heavy atom. The van der Waals surface area contributed by atoms with Gasteiger partial charge in [0.15, 0.2) is 0 Å². The molecular weight excluding hydrogens is 480 g/mol. The van der Waals surface area contributed by atoms with Crippen molar-refractivity contribution in [2.24, 2.45) is 17.2 Å². The van der Waals surface area contributed by atoms with Crippen LogP contribution in [-0.2, 0) is 25.6 Å². The number of benzene rings is 1. The maximum Gasteiger partial charge on any atom is 0.326 e. The standard InChI is InChI=1S/C25H42N6O6/c1-16(32)21(31-22(33)18(28)11-5-7-13-26)24(35)29-19(12-6-8-14-27)23(34)30-20(25(36)37)15-17-9-3-2-4-10-17/h2-4,9-10,16,18-21,32H,5-8,11-15,26-28H2,1H3,(H,29,35)(H,30,34)(H,31,33)(H,36,37). The van der Waals surface area contributed by atoms with Gasteiger partial charge in [-0.3, -0.25) is 14.4 Å². The van der Waals surface area contributed by atoms with Gasteiger partial charge in [0, 0.05) is 6.42 Å². The topological polar surface area (TPSA) is 223 Å². The van der Waals surface area contributed by atoms with Crippen LogP contribution in [0.5, 0.6) is 0 Å². The molecule has 37 heavy (non-hydrogen) atoms. The average molecular weight is 523 g/mol. The fourth-order valence-corrected chi connectivity index (χ4v) is 3.65. The highest BCUT2D eigenvalue weighted by Gasteiger charge is 2.32. The number of carboxylic acid groups (broad SMARTS) is 1. The molecule has 0 aliphatic heterocycles. The molecule has 0 aliphatic rings. The molecule has 0 bridgehead atoms. The molecule has 12 nitrogen and oxygen atoms in total. The number of aliphatic carboxylic acids is 1. The molecule has 0 radical (unpaired) electrons. The van der Waals surface area contributed by atoms with E-state index < -0.39 is 54.0 Å². The minimum atomic E-state index is -1.36. The largest absolute Gasteiger partial charge is 0.480 e. The normalized spacial score (nSPS) is 15.1. The number of carbonyl (C=O) groups is 4. The smallest absolute Gasteiger partial charge is 0.326 e. The molecule has 0 aromatic heterocycles. The Kier molecular flexibility index (Phi) is 15.0. The predicted octanol–water partition coefficient (Wildman–Crippen LogP) is -1.27. The Morgan fingerprint density at radius 2 is 1.38 bits per heavy atom. The number of aliphatic hydroxyl groups excluding tert-OH is 1. The molecule has 0 heterocycles. The lowest BCUT2D eigenvalue weighted by Gasteiger charge is -2.26. The zero-order valence-electron chi connectivity index (χ0n) is 21.4. The van der Waals surface area contributed by atoms with Crippen molar-refractivity contribution in [2.45, 2.75) is 82.1 Å². The van der Waals surface area contributed by atoms with Gasteiger partial charge < -0.3 is 43.4 Å². The van der Waals surface area contributed by atoms with E-state index >= 15 is 0 Å². The molecule has 0 saturated heterocycles. The third-order valence-electron chi connectivity index (χ3n) is 5.85. The number of unbranched alkanes of at least 4 members (excludes halogenated alkanes) is 2. The van der Waals surface area contributed by atoms with Gasteiger partial charge in [0.2, 0.25) is 17.7 Å². The van der Waals surface area contributed by atoms with Crippen molar-refractivity contribution >= 4 is 23.7 Å². The van der Waals surface area contributed by atoms with E-state index in [-0.39, 0.29) is 12.8 Å². The Labute approximate surface area is 217 Å². The van der Waals surface area contributed by atoms with Crippen molar-refractivity contribution in [1.82, 2.24) is 16.0 Å². The third kappa shape index (κ3) is 12.2. The van der Waals surface area contributed by atoms with Crippen LogP contribution in [0.2, 0.25) is 0 Å². The number of nitrogens with two attached hydrogens (primary N) is 3. The molecule has 0 spiro atoms. The maximum atomic E-state index is 13.0. The molecule has 3 amide bonds. The van der Waals surface area contributed by atoms with Gasteiger partial charge in [-0.05, 0) is 57.7 Å². The van der Waals surface area contributed by atoms with Gasteiger partial charge in [-0.1, -0.05) is 36.8 Å². The lowest BCUT2D eigenvalue weighted by molar-refractivity contribution is -0.142. The van der Waals surface area contributed by atoms with Gasteiger partial charge in [-0.15, -0.1) is 0 Å². The maximum absolute atomic E-state index is 13.0. The fraction of sp³-hybridized carbons (Fsp3) is 0.600. The molecule has 0 fully saturated rings. The van der Waals surface area contributed by atoms with E-state index in [0.717, 1.165) is 5.56 Å². The summed E-state index contributed by atoms with van der Waals surface area (Å²) in [6.45, 7) is 2.17. The molecule has 0 aliphatic carbocycles. The van der Waals surface area contributed by atoms with Crippen LogP contribution in [0, 0.1) is 0 Å². The molecule has 1 aromatic carbocycles. The first-order valence-corrected chi connectivity index (χ1v) is 12.6. The summed E-state index contributed by atoms with van der Waals surface area (Å²) in [7, 11) is 0. The fourth-order valence-electron chi connectivity index (χ4n) is 3.65. The number of nitrogens with one attached hydrogen (secondary N) is 3. The Bertz CT molecular complexity index is 853. The van der Waals surface area contributed by atoms with Crippen molar-refractivity contribution < 1.29 is 29.4 Å². The van der Waals surface area contributed by atoms with Gasteiger partial charge in [-0.2, -0.15) is 0 Å². The number of carbonyl (C=O) groups excluding carboxylic acids is 3. The first-order valence-electron chi connectivity index (χ1n) is 12.6. The van der Waals surface area contributed by atoms with Crippen molar-refractivity contribution in [3.05, 3.63) is 35.9 Å². The predicted molar refractivity (Wildman–Crippen MR) is 139 cm³/mol. The Morgan fingerprint density at radius 3 is 1.92 bits per heavy atom. The summed E-state index contributed by atoms with van der Waals surface area (Å²) in [4.78, 5) is 50.3. The second-order valence-electron chi connectivity index (χ2n) is 9.05. The van der Waals surface area contributed by atoms with E-state index in [1.54, 1.807) is 30.3 Å². The molecule has 1 rings (SSSR count). The Balaban J connectivity index is 2.93. The van der Waals surface area contributed by atoms with Gasteiger partial charge >= 0.3 is 5.97 Å². The van der Waals surface area contributed by atoms with Crippen molar-refractivity contribution in [3.63, 3.8) is 0 Å². The monoisotopic (exact) mass is 522 g/mol. The summed E-state index contributed by atoms with van der Waals surface area (Å²) < 4.78 is 0. The van der Waals surface area contributed by atoms with Gasteiger partial charge in [0.25, 0.3) is 0 Å². The van der Waals surface area contributed by atoms with Crippen molar-refractivity contribution in [3.8, 4) is 0 Å². The van der Waals surface area contributed by atoms with Crippen LogP contribution >= 0.6 is 0 Å².